The zero-order valence-electron chi connectivity index (χ0n) is 13.2. The van der Waals surface area contributed by atoms with E-state index in [-0.39, 0.29) is 6.03 Å². The van der Waals surface area contributed by atoms with Gasteiger partial charge in [0.2, 0.25) is 5.88 Å². The van der Waals surface area contributed by atoms with Crippen LogP contribution in [0.15, 0.2) is 18.2 Å². The lowest BCUT2D eigenvalue weighted by Gasteiger charge is -2.21. The summed E-state index contributed by atoms with van der Waals surface area (Å²) in [7, 11) is 1.59. The number of carbonyl (C=O) groups is 1. The lowest BCUT2D eigenvalue weighted by Crippen LogP contribution is -2.37. The topological polar surface area (TPSA) is 63.2 Å². The number of rotatable bonds is 5. The largest absolute Gasteiger partial charge is 0.481 e. The highest BCUT2D eigenvalue weighted by Crippen LogP contribution is 2.44. The molecule has 0 aromatic carbocycles. The molecule has 0 radical (unpaired) electrons. The van der Waals surface area contributed by atoms with Gasteiger partial charge in [-0.15, -0.1) is 0 Å². The lowest BCUT2D eigenvalue weighted by atomic mass is 9.85. The van der Waals surface area contributed by atoms with Crippen LogP contribution in [0.4, 0.5) is 4.79 Å². The Morgan fingerprint density at radius 1 is 1.32 bits per heavy atom. The SMILES string of the molecule is COc1cccc(CNC(=O)N[C@@H]2C[C@H]2C2CCCCC2)n1. The molecule has 120 valence electrons. The van der Waals surface area contributed by atoms with Crippen LogP contribution in [0.1, 0.15) is 44.2 Å². The van der Waals surface area contributed by atoms with Gasteiger partial charge in [-0.05, 0) is 24.3 Å². The number of hydrogen-bond acceptors (Lipinski definition) is 3. The summed E-state index contributed by atoms with van der Waals surface area (Å²) in [5.41, 5.74) is 0.800. The van der Waals surface area contributed by atoms with E-state index < -0.39 is 0 Å². The first-order valence-electron chi connectivity index (χ1n) is 8.30. The van der Waals surface area contributed by atoms with Gasteiger partial charge in [0.25, 0.3) is 0 Å². The van der Waals surface area contributed by atoms with E-state index in [1.54, 1.807) is 13.2 Å². The van der Waals surface area contributed by atoms with Crippen molar-refractivity contribution in [3.05, 3.63) is 23.9 Å². The van der Waals surface area contributed by atoms with Crippen LogP contribution in [0.25, 0.3) is 0 Å². The summed E-state index contributed by atoms with van der Waals surface area (Å²) in [6, 6.07) is 5.84. The Morgan fingerprint density at radius 3 is 2.91 bits per heavy atom. The molecule has 1 aromatic rings. The van der Waals surface area contributed by atoms with Crippen LogP contribution in [-0.4, -0.2) is 24.2 Å². The molecular weight excluding hydrogens is 278 g/mol. The molecule has 2 N–H and O–H groups in total. The first kappa shape index (κ1) is 15.1. The Kier molecular flexibility index (Phi) is 4.80. The fraction of sp³-hybridized carbons (Fsp3) is 0.647. The van der Waals surface area contributed by atoms with Gasteiger partial charge in [0.1, 0.15) is 0 Å². The summed E-state index contributed by atoms with van der Waals surface area (Å²) < 4.78 is 5.08. The van der Waals surface area contributed by atoms with Gasteiger partial charge in [-0.1, -0.05) is 38.2 Å². The Hall–Kier alpha value is -1.78. The molecule has 5 nitrogen and oxygen atoms in total. The molecule has 2 fully saturated rings. The number of amides is 2. The van der Waals surface area contributed by atoms with Crippen molar-refractivity contribution in [1.29, 1.82) is 0 Å². The minimum Gasteiger partial charge on any atom is -0.481 e. The number of aromatic nitrogens is 1. The van der Waals surface area contributed by atoms with Crippen LogP contribution in [0.5, 0.6) is 5.88 Å². The van der Waals surface area contributed by atoms with Crippen LogP contribution in [-0.2, 0) is 6.54 Å². The molecule has 0 saturated heterocycles. The third-order valence-corrected chi connectivity index (χ3v) is 4.83. The molecule has 22 heavy (non-hydrogen) atoms. The monoisotopic (exact) mass is 303 g/mol. The van der Waals surface area contributed by atoms with Crippen LogP contribution in [0.3, 0.4) is 0 Å². The maximum Gasteiger partial charge on any atom is 0.315 e. The maximum absolute atomic E-state index is 12.0. The highest BCUT2D eigenvalue weighted by molar-refractivity contribution is 5.74. The van der Waals surface area contributed by atoms with Gasteiger partial charge < -0.3 is 15.4 Å². The predicted octanol–water partition coefficient (Wildman–Crippen LogP) is 2.86. The molecule has 0 spiro atoms. The van der Waals surface area contributed by atoms with Crippen molar-refractivity contribution in [3.8, 4) is 5.88 Å². The van der Waals surface area contributed by atoms with Crippen molar-refractivity contribution in [3.63, 3.8) is 0 Å². The summed E-state index contributed by atoms with van der Waals surface area (Å²) in [5, 5.41) is 5.97. The molecule has 1 aromatic heterocycles. The molecule has 0 aliphatic heterocycles. The summed E-state index contributed by atoms with van der Waals surface area (Å²) in [5.74, 6) is 2.11. The maximum atomic E-state index is 12.0. The summed E-state index contributed by atoms with van der Waals surface area (Å²) in [6.07, 6.45) is 7.95. The van der Waals surface area contributed by atoms with Crippen LogP contribution >= 0.6 is 0 Å². The highest BCUT2D eigenvalue weighted by Gasteiger charge is 2.43. The molecule has 2 amide bonds. The third-order valence-electron chi connectivity index (χ3n) is 4.83. The first-order chi connectivity index (χ1) is 10.8. The molecule has 2 aliphatic rings. The van der Waals surface area contributed by atoms with E-state index in [0.717, 1.165) is 18.0 Å². The fourth-order valence-electron chi connectivity index (χ4n) is 3.52. The Bertz CT molecular complexity index is 514. The fourth-order valence-corrected chi connectivity index (χ4v) is 3.52. The first-order valence-corrected chi connectivity index (χ1v) is 8.30. The van der Waals surface area contributed by atoms with E-state index in [2.05, 4.69) is 15.6 Å². The van der Waals surface area contributed by atoms with E-state index in [9.17, 15) is 4.79 Å². The normalized spacial score (nSPS) is 24.6. The molecule has 0 unspecified atom stereocenters. The number of urea groups is 1. The van der Waals surface area contributed by atoms with E-state index in [4.69, 9.17) is 4.74 Å². The van der Waals surface area contributed by atoms with Gasteiger partial charge in [-0.2, -0.15) is 0 Å². The minimum absolute atomic E-state index is 0.0899. The van der Waals surface area contributed by atoms with Crippen LogP contribution in [0.2, 0.25) is 0 Å². The zero-order valence-corrected chi connectivity index (χ0v) is 13.2. The molecule has 5 heteroatoms. The highest BCUT2D eigenvalue weighted by atomic mass is 16.5. The second-order valence-electron chi connectivity index (χ2n) is 6.40. The number of nitrogens with one attached hydrogen (secondary N) is 2. The average molecular weight is 303 g/mol. The number of methoxy groups -OCH3 is 1. The van der Waals surface area contributed by atoms with Gasteiger partial charge in [-0.3, -0.25) is 0 Å². The Morgan fingerprint density at radius 2 is 2.14 bits per heavy atom. The van der Waals surface area contributed by atoms with Gasteiger partial charge in [0, 0.05) is 12.1 Å². The average Bonchev–Trinajstić information content (AvgIpc) is 3.33. The van der Waals surface area contributed by atoms with E-state index in [1.165, 1.54) is 32.1 Å². The summed E-state index contributed by atoms with van der Waals surface area (Å²) >= 11 is 0. The zero-order chi connectivity index (χ0) is 15.4. The van der Waals surface area contributed by atoms with Crippen LogP contribution < -0.4 is 15.4 Å². The number of carbonyl (C=O) groups excluding carboxylic acids is 1. The molecular formula is C17H25N3O2. The number of ether oxygens (including phenoxy) is 1. The lowest BCUT2D eigenvalue weighted by molar-refractivity contribution is 0.237. The van der Waals surface area contributed by atoms with Crippen molar-refractivity contribution in [2.45, 2.75) is 51.1 Å². The number of nitrogens with zero attached hydrogens (tertiary/aromatic N) is 1. The molecule has 1 heterocycles. The quantitative estimate of drug-likeness (QED) is 0.879. The molecule has 3 rings (SSSR count). The van der Waals surface area contributed by atoms with E-state index >= 15 is 0 Å². The van der Waals surface area contributed by atoms with Crippen LogP contribution in [0, 0.1) is 11.8 Å². The molecule has 2 saturated carbocycles. The Labute approximate surface area is 131 Å². The number of hydrogen-bond donors (Lipinski definition) is 2. The van der Waals surface area contributed by atoms with Crippen molar-refractivity contribution in [2.75, 3.05) is 7.11 Å². The smallest absolute Gasteiger partial charge is 0.315 e. The standard InChI is InChI=1S/C17H25N3O2/c1-22-16-9-5-8-13(19-16)11-18-17(21)20-15-10-14(15)12-6-3-2-4-7-12/h5,8-9,12,14-15H,2-4,6-7,10-11H2,1H3,(H2,18,20,21)/t14-,15+/m0/s1. The second-order valence-corrected chi connectivity index (χ2v) is 6.40. The van der Waals surface area contributed by atoms with Crippen molar-refractivity contribution in [2.24, 2.45) is 11.8 Å². The van der Waals surface area contributed by atoms with Crippen molar-refractivity contribution < 1.29 is 9.53 Å². The molecule has 2 aliphatic carbocycles. The third kappa shape index (κ3) is 3.90. The summed E-state index contributed by atoms with van der Waals surface area (Å²) in [4.78, 5) is 16.2. The second kappa shape index (κ2) is 6.99. The van der Waals surface area contributed by atoms with Crippen molar-refractivity contribution in [1.82, 2.24) is 15.6 Å². The van der Waals surface area contributed by atoms with E-state index in [1.807, 2.05) is 12.1 Å². The minimum atomic E-state index is -0.0899. The van der Waals surface area contributed by atoms with E-state index in [0.29, 0.717) is 24.4 Å². The van der Waals surface area contributed by atoms with Crippen molar-refractivity contribution >= 4 is 6.03 Å². The van der Waals surface area contributed by atoms with Gasteiger partial charge in [0.05, 0.1) is 19.3 Å². The van der Waals surface area contributed by atoms with Gasteiger partial charge in [-0.25, -0.2) is 9.78 Å². The molecule has 2 atom stereocenters. The Balaban J connectivity index is 1.40. The molecule has 0 bridgehead atoms. The predicted molar refractivity (Wildman–Crippen MR) is 84.6 cm³/mol. The van der Waals surface area contributed by atoms with Gasteiger partial charge in [0.15, 0.2) is 0 Å². The number of pyridine rings is 1. The van der Waals surface area contributed by atoms with Gasteiger partial charge >= 0.3 is 6.03 Å². The summed E-state index contributed by atoms with van der Waals surface area (Å²) in [6.45, 7) is 0.420.